The second-order valence-electron chi connectivity index (χ2n) is 10.6. The maximum atomic E-state index is 4.38. The summed E-state index contributed by atoms with van der Waals surface area (Å²) in [6, 6.07) is 37.3. The van der Waals surface area contributed by atoms with E-state index in [1.165, 1.54) is 49.0 Å². The first-order valence-electron chi connectivity index (χ1n) is 14.4. The molecule has 0 atom stereocenters. The highest BCUT2D eigenvalue weighted by Gasteiger charge is 2.16. The number of nitrogens with zero attached hydrogens (tertiary/aromatic N) is 3. The molecule has 3 heteroatoms. The van der Waals surface area contributed by atoms with Crippen LogP contribution in [0.3, 0.4) is 0 Å². The van der Waals surface area contributed by atoms with Gasteiger partial charge in [-0.2, -0.15) is 0 Å². The summed E-state index contributed by atoms with van der Waals surface area (Å²) in [5, 5.41) is 7.62. The van der Waals surface area contributed by atoms with Crippen LogP contribution < -0.4 is 0 Å². The Labute approximate surface area is 251 Å². The van der Waals surface area contributed by atoms with Gasteiger partial charge in [0.2, 0.25) is 0 Å². The quantitative estimate of drug-likeness (QED) is 0.161. The molecule has 0 aliphatic rings. The van der Waals surface area contributed by atoms with Gasteiger partial charge in [0.05, 0.1) is 0 Å². The zero-order valence-electron chi connectivity index (χ0n) is 23.9. The summed E-state index contributed by atoms with van der Waals surface area (Å²) in [7, 11) is 0. The SMILES string of the molecule is C=CC.c1cncc(-c2ccc3ccc4c(-c5cc(-c6ccncc6)cc(-c6ccncc6)c5)ccc5ccc2c3c54)c1. The van der Waals surface area contributed by atoms with Gasteiger partial charge in [-0.05, 0) is 127 Å². The lowest BCUT2D eigenvalue weighted by Gasteiger charge is -2.17. The van der Waals surface area contributed by atoms with E-state index in [0.29, 0.717) is 0 Å². The van der Waals surface area contributed by atoms with Crippen LogP contribution in [0.25, 0.3) is 76.8 Å². The van der Waals surface area contributed by atoms with Gasteiger partial charge >= 0.3 is 0 Å². The number of benzene rings is 5. The van der Waals surface area contributed by atoms with Gasteiger partial charge in [0.1, 0.15) is 0 Å². The van der Waals surface area contributed by atoms with Gasteiger partial charge in [0, 0.05) is 42.7 Å². The third-order valence-electron chi connectivity index (χ3n) is 7.91. The molecule has 0 spiro atoms. The van der Waals surface area contributed by atoms with Gasteiger partial charge in [-0.25, -0.2) is 0 Å². The Bertz CT molecular complexity index is 2130. The van der Waals surface area contributed by atoms with Gasteiger partial charge in [-0.3, -0.25) is 15.0 Å². The average Bonchev–Trinajstić information content (AvgIpc) is 3.08. The molecule has 0 N–H and O–H groups in total. The average molecular weight is 552 g/mol. The molecule has 8 rings (SSSR count). The van der Waals surface area contributed by atoms with Crippen LogP contribution in [0.15, 0.2) is 153 Å². The van der Waals surface area contributed by atoms with Crippen molar-refractivity contribution in [2.75, 3.05) is 0 Å². The number of hydrogen-bond donors (Lipinski definition) is 0. The molecular weight excluding hydrogens is 522 g/mol. The van der Waals surface area contributed by atoms with Crippen molar-refractivity contribution in [2.45, 2.75) is 6.92 Å². The fourth-order valence-electron chi connectivity index (χ4n) is 6.03. The van der Waals surface area contributed by atoms with Gasteiger partial charge in [0.25, 0.3) is 0 Å². The number of pyridine rings is 3. The summed E-state index contributed by atoms with van der Waals surface area (Å²) in [6.07, 6.45) is 12.9. The molecule has 0 amide bonds. The van der Waals surface area contributed by atoms with E-state index < -0.39 is 0 Å². The molecule has 0 saturated carbocycles. The van der Waals surface area contributed by atoms with E-state index in [-0.39, 0.29) is 0 Å². The molecule has 0 saturated heterocycles. The Morgan fingerprint density at radius 3 is 1.42 bits per heavy atom. The fourth-order valence-corrected chi connectivity index (χ4v) is 6.03. The highest BCUT2D eigenvalue weighted by Crippen LogP contribution is 2.43. The van der Waals surface area contributed by atoms with Crippen LogP contribution in [0, 0.1) is 0 Å². The number of rotatable bonds is 4. The molecule has 3 nitrogen and oxygen atoms in total. The van der Waals surface area contributed by atoms with Gasteiger partial charge < -0.3 is 0 Å². The Morgan fingerprint density at radius 1 is 0.465 bits per heavy atom. The molecule has 8 aromatic rings. The maximum absolute atomic E-state index is 4.38. The van der Waals surface area contributed by atoms with Gasteiger partial charge in [-0.1, -0.05) is 60.7 Å². The van der Waals surface area contributed by atoms with Crippen LogP contribution in [0.4, 0.5) is 0 Å². The molecule has 3 heterocycles. The van der Waals surface area contributed by atoms with Crippen LogP contribution in [0.5, 0.6) is 0 Å². The minimum absolute atomic E-state index is 1.13. The van der Waals surface area contributed by atoms with E-state index in [1.54, 1.807) is 6.08 Å². The van der Waals surface area contributed by atoms with E-state index in [9.17, 15) is 0 Å². The zero-order chi connectivity index (χ0) is 29.2. The topological polar surface area (TPSA) is 38.7 Å². The van der Waals surface area contributed by atoms with Crippen molar-refractivity contribution < 1.29 is 0 Å². The first-order chi connectivity index (χ1) is 21.2. The third kappa shape index (κ3) is 4.81. The molecule has 0 aliphatic carbocycles. The molecule has 0 bridgehead atoms. The predicted molar refractivity (Wildman–Crippen MR) is 181 cm³/mol. The van der Waals surface area contributed by atoms with Crippen molar-refractivity contribution in [2.24, 2.45) is 0 Å². The van der Waals surface area contributed by atoms with Crippen molar-refractivity contribution in [1.29, 1.82) is 0 Å². The minimum atomic E-state index is 1.13. The maximum Gasteiger partial charge on any atom is 0.0346 e. The number of aromatic nitrogens is 3. The first-order valence-corrected chi connectivity index (χ1v) is 14.4. The Hall–Kier alpha value is -5.67. The van der Waals surface area contributed by atoms with E-state index in [0.717, 1.165) is 27.8 Å². The minimum Gasteiger partial charge on any atom is -0.265 e. The Morgan fingerprint density at radius 2 is 0.930 bits per heavy atom. The summed E-state index contributed by atoms with van der Waals surface area (Å²) in [6.45, 7) is 5.25. The molecule has 0 fully saturated rings. The van der Waals surface area contributed by atoms with Crippen molar-refractivity contribution in [3.05, 3.63) is 153 Å². The van der Waals surface area contributed by atoms with Gasteiger partial charge in [-0.15, -0.1) is 6.58 Å². The molecular formula is C40H29N3. The van der Waals surface area contributed by atoms with E-state index >= 15 is 0 Å². The van der Waals surface area contributed by atoms with Crippen LogP contribution in [0.1, 0.15) is 6.92 Å². The van der Waals surface area contributed by atoms with Crippen LogP contribution in [0.2, 0.25) is 0 Å². The van der Waals surface area contributed by atoms with Crippen LogP contribution >= 0.6 is 0 Å². The highest BCUT2D eigenvalue weighted by atomic mass is 14.6. The lowest BCUT2D eigenvalue weighted by molar-refractivity contribution is 1.33. The van der Waals surface area contributed by atoms with Crippen molar-refractivity contribution in [1.82, 2.24) is 15.0 Å². The lowest BCUT2D eigenvalue weighted by atomic mass is 9.86. The smallest absolute Gasteiger partial charge is 0.0346 e. The van der Waals surface area contributed by atoms with E-state index in [2.05, 4.69) is 119 Å². The van der Waals surface area contributed by atoms with Crippen molar-refractivity contribution >= 4 is 32.3 Å². The normalized spacial score (nSPS) is 11.0. The van der Waals surface area contributed by atoms with Crippen molar-refractivity contribution in [3.63, 3.8) is 0 Å². The summed E-state index contributed by atoms with van der Waals surface area (Å²) >= 11 is 0. The summed E-state index contributed by atoms with van der Waals surface area (Å²) in [5.41, 5.74) is 9.36. The Kier molecular flexibility index (Phi) is 6.90. The molecule has 3 aromatic heterocycles. The summed E-state index contributed by atoms with van der Waals surface area (Å²) < 4.78 is 0. The molecule has 0 unspecified atom stereocenters. The van der Waals surface area contributed by atoms with E-state index in [4.69, 9.17) is 0 Å². The first kappa shape index (κ1) is 26.2. The molecule has 43 heavy (non-hydrogen) atoms. The second-order valence-corrected chi connectivity index (χ2v) is 10.6. The highest BCUT2D eigenvalue weighted by molar-refractivity contribution is 6.27. The molecule has 0 radical (unpaired) electrons. The second kappa shape index (κ2) is 11.3. The Balaban J connectivity index is 0.000000963. The molecule has 204 valence electrons. The monoisotopic (exact) mass is 551 g/mol. The standard InChI is InChI=1S/C37H23N3.C3H6/c1-2-28(23-40-15-1)32-7-3-26-6-10-35-33(8-4-27-5-9-34(32)36(26)37(27)35)31-21-29(24-11-16-38-17-12-24)20-30(22-31)25-13-18-39-19-14-25;1-3-2/h1-23H;3H,1H2,2H3. The van der Waals surface area contributed by atoms with E-state index in [1.807, 2.05) is 50.2 Å². The van der Waals surface area contributed by atoms with Crippen molar-refractivity contribution in [3.8, 4) is 44.5 Å². The summed E-state index contributed by atoms with van der Waals surface area (Å²) in [5.74, 6) is 0. The largest absolute Gasteiger partial charge is 0.265 e. The van der Waals surface area contributed by atoms with Crippen LogP contribution in [-0.4, -0.2) is 15.0 Å². The fraction of sp³-hybridized carbons (Fsp3) is 0.0250. The summed E-state index contributed by atoms with van der Waals surface area (Å²) in [4.78, 5) is 12.9. The molecule has 5 aromatic carbocycles. The zero-order valence-corrected chi connectivity index (χ0v) is 23.9. The third-order valence-corrected chi connectivity index (χ3v) is 7.91. The van der Waals surface area contributed by atoms with Gasteiger partial charge in [0.15, 0.2) is 0 Å². The number of hydrogen-bond acceptors (Lipinski definition) is 3. The predicted octanol–water partition coefficient (Wildman–Crippen LogP) is 10.6. The van der Waals surface area contributed by atoms with Crippen LogP contribution in [-0.2, 0) is 0 Å². The number of allylic oxidation sites excluding steroid dienone is 1. The lowest BCUT2D eigenvalue weighted by Crippen LogP contribution is -1.91. The molecule has 0 aliphatic heterocycles.